The maximum Gasteiger partial charge on any atom is 0.0954 e. The van der Waals surface area contributed by atoms with Gasteiger partial charge in [0.05, 0.1) is 18.1 Å². The first kappa shape index (κ1) is 14.1. The van der Waals surface area contributed by atoms with Crippen molar-refractivity contribution in [1.29, 1.82) is 0 Å². The number of likely N-dealkylation sites (N-methyl/N-ethyl adjacent to an activating group) is 1. The van der Waals surface area contributed by atoms with Gasteiger partial charge in [-0.15, -0.1) is 0 Å². The van der Waals surface area contributed by atoms with E-state index in [1.165, 1.54) is 56.3 Å². The molecule has 2 aliphatic carbocycles. The molecule has 3 heteroatoms. The molecule has 0 bridgehead atoms. The molecular weight excluding hydrogens is 246 g/mol. The molecule has 3 nitrogen and oxygen atoms in total. The van der Waals surface area contributed by atoms with Gasteiger partial charge in [-0.3, -0.25) is 0 Å². The van der Waals surface area contributed by atoms with E-state index in [4.69, 9.17) is 4.98 Å². The molecule has 0 amide bonds. The van der Waals surface area contributed by atoms with E-state index in [0.717, 1.165) is 6.54 Å². The molecule has 1 aromatic rings. The Morgan fingerprint density at radius 2 is 2.10 bits per heavy atom. The van der Waals surface area contributed by atoms with E-state index < -0.39 is 0 Å². The van der Waals surface area contributed by atoms with E-state index in [1.807, 2.05) is 0 Å². The van der Waals surface area contributed by atoms with Crippen LogP contribution in [0.2, 0.25) is 0 Å². The van der Waals surface area contributed by atoms with Crippen molar-refractivity contribution in [1.82, 2.24) is 14.9 Å². The highest BCUT2D eigenvalue weighted by Gasteiger charge is 2.40. The largest absolute Gasteiger partial charge is 0.330 e. The number of imidazole rings is 1. The Balaban J connectivity index is 1.92. The lowest BCUT2D eigenvalue weighted by atomic mass is 9.70. The Labute approximate surface area is 123 Å². The predicted octanol–water partition coefficient (Wildman–Crippen LogP) is 3.49. The van der Waals surface area contributed by atoms with Gasteiger partial charge in [-0.1, -0.05) is 27.2 Å². The number of fused-ring (bicyclic) bond motifs is 1. The summed E-state index contributed by atoms with van der Waals surface area (Å²) in [5, 5.41) is 3.77. The van der Waals surface area contributed by atoms with E-state index in [0.29, 0.717) is 17.5 Å². The Morgan fingerprint density at radius 1 is 1.30 bits per heavy atom. The van der Waals surface area contributed by atoms with Crippen LogP contribution in [0.15, 0.2) is 6.33 Å². The van der Waals surface area contributed by atoms with Gasteiger partial charge in [0.25, 0.3) is 0 Å². The van der Waals surface area contributed by atoms with Gasteiger partial charge in [0.15, 0.2) is 0 Å². The average molecular weight is 275 g/mol. The van der Waals surface area contributed by atoms with Crippen molar-refractivity contribution in [3.05, 3.63) is 17.7 Å². The minimum Gasteiger partial charge on any atom is -0.330 e. The second-order valence-electron chi connectivity index (χ2n) is 7.24. The summed E-state index contributed by atoms with van der Waals surface area (Å²) in [7, 11) is 0. The lowest BCUT2D eigenvalue weighted by Crippen LogP contribution is -2.50. The van der Waals surface area contributed by atoms with E-state index >= 15 is 0 Å². The summed E-state index contributed by atoms with van der Waals surface area (Å²) >= 11 is 0. The molecule has 0 spiro atoms. The van der Waals surface area contributed by atoms with Crippen LogP contribution >= 0.6 is 0 Å². The van der Waals surface area contributed by atoms with Crippen LogP contribution < -0.4 is 5.32 Å². The highest BCUT2D eigenvalue weighted by molar-refractivity contribution is 5.18. The standard InChI is InChI=1S/C17H29N3/c1-4-18-16-15(10-7-11-17(16,2)3)20-12-19-13-8-5-6-9-14(13)20/h12,15-16,18H,4-11H2,1-3H3. The quantitative estimate of drug-likeness (QED) is 0.915. The number of hydrogen-bond donors (Lipinski definition) is 1. The first-order chi connectivity index (χ1) is 9.63. The third-order valence-corrected chi connectivity index (χ3v) is 5.39. The Morgan fingerprint density at radius 3 is 2.90 bits per heavy atom. The van der Waals surface area contributed by atoms with Crippen LogP contribution in [0.5, 0.6) is 0 Å². The number of aromatic nitrogens is 2. The molecule has 1 N–H and O–H groups in total. The van der Waals surface area contributed by atoms with Gasteiger partial charge in [0.1, 0.15) is 0 Å². The molecule has 0 aliphatic heterocycles. The maximum atomic E-state index is 4.71. The Bertz CT molecular complexity index is 461. The number of hydrogen-bond acceptors (Lipinski definition) is 2. The number of rotatable bonds is 3. The molecule has 2 aliphatic rings. The topological polar surface area (TPSA) is 29.9 Å². The van der Waals surface area contributed by atoms with Crippen LogP contribution in [0.4, 0.5) is 0 Å². The van der Waals surface area contributed by atoms with Crippen LogP contribution in [0.3, 0.4) is 0 Å². The Kier molecular flexibility index (Phi) is 3.89. The third-order valence-electron chi connectivity index (χ3n) is 5.39. The van der Waals surface area contributed by atoms with Crippen LogP contribution in [0.1, 0.15) is 70.3 Å². The molecule has 1 heterocycles. The van der Waals surface area contributed by atoms with E-state index in [9.17, 15) is 0 Å². The number of nitrogens with zero attached hydrogens (tertiary/aromatic N) is 2. The van der Waals surface area contributed by atoms with Gasteiger partial charge in [0, 0.05) is 11.7 Å². The summed E-state index contributed by atoms with van der Waals surface area (Å²) < 4.78 is 2.53. The first-order valence-corrected chi connectivity index (χ1v) is 8.41. The lowest BCUT2D eigenvalue weighted by Gasteiger charge is -2.45. The molecule has 112 valence electrons. The summed E-state index contributed by atoms with van der Waals surface area (Å²) in [6, 6.07) is 1.16. The summed E-state index contributed by atoms with van der Waals surface area (Å²) in [6.45, 7) is 8.14. The highest BCUT2D eigenvalue weighted by Crippen LogP contribution is 2.42. The zero-order valence-electron chi connectivity index (χ0n) is 13.3. The van der Waals surface area contributed by atoms with E-state index in [1.54, 1.807) is 0 Å². The molecule has 3 rings (SSSR count). The van der Waals surface area contributed by atoms with Gasteiger partial charge in [-0.25, -0.2) is 4.98 Å². The molecule has 0 aromatic carbocycles. The molecule has 1 saturated carbocycles. The maximum absolute atomic E-state index is 4.71. The van der Waals surface area contributed by atoms with Gasteiger partial charge in [-0.05, 0) is 50.5 Å². The zero-order chi connectivity index (χ0) is 14.2. The molecule has 0 saturated heterocycles. The average Bonchev–Trinajstić information content (AvgIpc) is 2.85. The Hall–Kier alpha value is -0.830. The summed E-state index contributed by atoms with van der Waals surface area (Å²) in [4.78, 5) is 4.71. The second kappa shape index (κ2) is 5.51. The highest BCUT2D eigenvalue weighted by atomic mass is 15.1. The first-order valence-electron chi connectivity index (χ1n) is 8.41. The SMILES string of the molecule is CCNC1C(n2cnc3c2CCCC3)CCCC1(C)C. The zero-order valence-corrected chi connectivity index (χ0v) is 13.3. The van der Waals surface area contributed by atoms with Crippen LogP contribution in [0.25, 0.3) is 0 Å². The van der Waals surface area contributed by atoms with E-state index in [-0.39, 0.29) is 0 Å². The van der Waals surface area contributed by atoms with Crippen molar-refractivity contribution in [2.75, 3.05) is 6.54 Å². The van der Waals surface area contributed by atoms with Crippen molar-refractivity contribution in [3.8, 4) is 0 Å². The van der Waals surface area contributed by atoms with Gasteiger partial charge in [0.2, 0.25) is 0 Å². The summed E-state index contributed by atoms with van der Waals surface area (Å²) in [5.41, 5.74) is 3.28. The van der Waals surface area contributed by atoms with Crippen LogP contribution in [-0.2, 0) is 12.8 Å². The fourth-order valence-electron chi connectivity index (χ4n) is 4.32. The van der Waals surface area contributed by atoms with Crippen molar-refractivity contribution in [2.45, 2.75) is 77.8 Å². The minimum atomic E-state index is 0.380. The number of aryl methyl sites for hydroxylation is 1. The summed E-state index contributed by atoms with van der Waals surface area (Å²) in [6.07, 6.45) is 11.2. The molecule has 1 fully saturated rings. The number of nitrogens with one attached hydrogen (secondary N) is 1. The van der Waals surface area contributed by atoms with Crippen molar-refractivity contribution in [2.24, 2.45) is 5.41 Å². The van der Waals surface area contributed by atoms with Crippen molar-refractivity contribution >= 4 is 0 Å². The van der Waals surface area contributed by atoms with Gasteiger partial charge >= 0.3 is 0 Å². The molecule has 1 aromatic heterocycles. The van der Waals surface area contributed by atoms with Crippen molar-refractivity contribution < 1.29 is 0 Å². The van der Waals surface area contributed by atoms with Gasteiger partial charge < -0.3 is 9.88 Å². The molecular formula is C17H29N3. The normalized spacial score (nSPS) is 29.1. The van der Waals surface area contributed by atoms with Crippen LogP contribution in [0, 0.1) is 5.41 Å². The summed E-state index contributed by atoms with van der Waals surface area (Å²) in [5.74, 6) is 0. The monoisotopic (exact) mass is 275 g/mol. The lowest BCUT2D eigenvalue weighted by molar-refractivity contribution is 0.112. The van der Waals surface area contributed by atoms with Crippen molar-refractivity contribution in [3.63, 3.8) is 0 Å². The molecule has 20 heavy (non-hydrogen) atoms. The molecule has 0 radical (unpaired) electrons. The smallest absolute Gasteiger partial charge is 0.0954 e. The molecule has 2 unspecified atom stereocenters. The van der Waals surface area contributed by atoms with Crippen LogP contribution in [-0.4, -0.2) is 22.1 Å². The fourth-order valence-corrected chi connectivity index (χ4v) is 4.32. The third kappa shape index (κ3) is 2.41. The van der Waals surface area contributed by atoms with E-state index in [2.05, 4.69) is 37.0 Å². The minimum absolute atomic E-state index is 0.380. The molecule has 2 atom stereocenters. The predicted molar refractivity (Wildman–Crippen MR) is 83.0 cm³/mol. The second-order valence-corrected chi connectivity index (χ2v) is 7.24. The van der Waals surface area contributed by atoms with Gasteiger partial charge in [-0.2, -0.15) is 0 Å². The fraction of sp³-hybridized carbons (Fsp3) is 0.824.